The normalized spacial score (nSPS) is 16.0. The van der Waals surface area contributed by atoms with Gasteiger partial charge in [0.25, 0.3) is 5.69 Å². The molecule has 5 nitrogen and oxygen atoms in total. The Balaban J connectivity index is 2.79. The molecule has 0 bridgehead atoms. The van der Waals surface area contributed by atoms with Gasteiger partial charge in [-0.05, 0) is 31.2 Å². The molecule has 18 heavy (non-hydrogen) atoms. The van der Waals surface area contributed by atoms with Crippen LogP contribution in [-0.4, -0.2) is 27.3 Å². The third kappa shape index (κ3) is 3.78. The Labute approximate surface area is 106 Å². The zero-order valence-electron chi connectivity index (χ0n) is 10.6. The van der Waals surface area contributed by atoms with Crippen LogP contribution < -0.4 is 0 Å². The lowest BCUT2D eigenvalue weighted by molar-refractivity contribution is -0.384. The third-order valence-electron chi connectivity index (χ3n) is 3.15. The second kappa shape index (κ2) is 6.47. The van der Waals surface area contributed by atoms with Crippen LogP contribution >= 0.6 is 0 Å². The van der Waals surface area contributed by atoms with Crippen LogP contribution in [0.25, 0.3) is 0 Å². The molecule has 0 saturated heterocycles. The van der Waals surface area contributed by atoms with E-state index in [-0.39, 0.29) is 11.6 Å². The van der Waals surface area contributed by atoms with Gasteiger partial charge in [-0.2, -0.15) is 0 Å². The predicted molar refractivity (Wildman–Crippen MR) is 68.4 cm³/mol. The Hall–Kier alpha value is -1.46. The van der Waals surface area contributed by atoms with E-state index in [4.69, 9.17) is 0 Å². The highest BCUT2D eigenvalue weighted by Gasteiger charge is 2.19. The molecule has 0 amide bonds. The summed E-state index contributed by atoms with van der Waals surface area (Å²) in [4.78, 5) is 10.1. The number of aliphatic hydroxyl groups is 2. The summed E-state index contributed by atoms with van der Waals surface area (Å²) in [7, 11) is 0. The van der Waals surface area contributed by atoms with E-state index in [1.165, 1.54) is 12.1 Å². The van der Waals surface area contributed by atoms with E-state index in [9.17, 15) is 20.3 Å². The summed E-state index contributed by atoms with van der Waals surface area (Å²) in [6, 6.07) is 6.35. The first-order chi connectivity index (χ1) is 8.45. The van der Waals surface area contributed by atoms with Gasteiger partial charge >= 0.3 is 0 Å². The van der Waals surface area contributed by atoms with E-state index in [1.54, 1.807) is 19.1 Å². The lowest BCUT2D eigenvalue weighted by atomic mass is 9.89. The van der Waals surface area contributed by atoms with E-state index < -0.39 is 17.1 Å². The summed E-state index contributed by atoms with van der Waals surface area (Å²) in [5.41, 5.74) is 1.01. The zero-order valence-corrected chi connectivity index (χ0v) is 10.6. The number of nitro benzene ring substituents is 1. The van der Waals surface area contributed by atoms with E-state index in [1.807, 2.05) is 6.92 Å². The topological polar surface area (TPSA) is 83.6 Å². The van der Waals surface area contributed by atoms with Gasteiger partial charge in [0.15, 0.2) is 0 Å². The molecular weight excluding hydrogens is 234 g/mol. The van der Waals surface area contributed by atoms with Crippen molar-refractivity contribution in [1.82, 2.24) is 0 Å². The standard InChI is InChI=1S/C13H19NO4/c1-3-10(8-13(16)9(2)15)11-4-6-12(7-5-11)14(17)18/h4-7,9-10,13,15-16H,3,8H2,1-2H3. The number of rotatable bonds is 6. The molecule has 0 heterocycles. The van der Waals surface area contributed by atoms with Gasteiger partial charge in [0.2, 0.25) is 0 Å². The van der Waals surface area contributed by atoms with Gasteiger partial charge in [0.1, 0.15) is 0 Å². The molecule has 0 saturated carbocycles. The average molecular weight is 253 g/mol. The second-order valence-corrected chi connectivity index (χ2v) is 4.50. The van der Waals surface area contributed by atoms with Gasteiger partial charge in [0.05, 0.1) is 17.1 Å². The Bertz CT molecular complexity index is 388. The SMILES string of the molecule is CCC(CC(O)C(C)O)c1ccc([N+](=O)[O-])cc1. The summed E-state index contributed by atoms with van der Waals surface area (Å²) in [6.45, 7) is 3.54. The maximum atomic E-state index is 10.6. The lowest BCUT2D eigenvalue weighted by Gasteiger charge is -2.21. The number of nitro groups is 1. The number of hydrogen-bond donors (Lipinski definition) is 2. The van der Waals surface area contributed by atoms with Crippen LogP contribution in [0.15, 0.2) is 24.3 Å². The largest absolute Gasteiger partial charge is 0.391 e. The summed E-state index contributed by atoms with van der Waals surface area (Å²) in [5, 5.41) is 29.5. The highest BCUT2D eigenvalue weighted by Crippen LogP contribution is 2.27. The summed E-state index contributed by atoms with van der Waals surface area (Å²) >= 11 is 0. The second-order valence-electron chi connectivity index (χ2n) is 4.50. The summed E-state index contributed by atoms with van der Waals surface area (Å²) in [6.07, 6.45) is -0.282. The maximum Gasteiger partial charge on any atom is 0.269 e. The minimum atomic E-state index is -0.773. The maximum absolute atomic E-state index is 10.6. The van der Waals surface area contributed by atoms with Crippen molar-refractivity contribution in [3.05, 3.63) is 39.9 Å². The van der Waals surface area contributed by atoms with Crippen molar-refractivity contribution in [1.29, 1.82) is 0 Å². The van der Waals surface area contributed by atoms with Crippen LogP contribution in [0.2, 0.25) is 0 Å². The van der Waals surface area contributed by atoms with Crippen molar-refractivity contribution >= 4 is 5.69 Å². The highest BCUT2D eigenvalue weighted by molar-refractivity contribution is 5.34. The van der Waals surface area contributed by atoms with Crippen molar-refractivity contribution in [2.45, 2.75) is 44.8 Å². The molecule has 0 spiro atoms. The summed E-state index contributed by atoms with van der Waals surface area (Å²) < 4.78 is 0. The van der Waals surface area contributed by atoms with E-state index >= 15 is 0 Å². The Morgan fingerprint density at radius 2 is 1.83 bits per heavy atom. The van der Waals surface area contributed by atoms with E-state index in [2.05, 4.69) is 0 Å². The Kier molecular flexibility index (Phi) is 5.25. The minimum absolute atomic E-state index is 0.0599. The lowest BCUT2D eigenvalue weighted by Crippen LogP contribution is -2.24. The van der Waals surface area contributed by atoms with E-state index in [0.29, 0.717) is 6.42 Å². The fraction of sp³-hybridized carbons (Fsp3) is 0.538. The van der Waals surface area contributed by atoms with Crippen molar-refractivity contribution < 1.29 is 15.1 Å². The monoisotopic (exact) mass is 253 g/mol. The van der Waals surface area contributed by atoms with E-state index in [0.717, 1.165) is 12.0 Å². The molecule has 0 aliphatic rings. The van der Waals surface area contributed by atoms with Crippen LogP contribution in [0.5, 0.6) is 0 Å². The Morgan fingerprint density at radius 3 is 2.22 bits per heavy atom. The van der Waals surface area contributed by atoms with Crippen molar-refractivity contribution in [3.8, 4) is 0 Å². The quantitative estimate of drug-likeness (QED) is 0.601. The Morgan fingerprint density at radius 1 is 1.28 bits per heavy atom. The molecule has 1 rings (SSSR count). The molecule has 5 heteroatoms. The number of nitrogens with zero attached hydrogens (tertiary/aromatic N) is 1. The van der Waals surface area contributed by atoms with Crippen LogP contribution in [-0.2, 0) is 0 Å². The van der Waals surface area contributed by atoms with Crippen LogP contribution in [0.4, 0.5) is 5.69 Å². The van der Waals surface area contributed by atoms with Gasteiger partial charge < -0.3 is 10.2 Å². The molecule has 0 aliphatic heterocycles. The predicted octanol–water partition coefficient (Wildman–Crippen LogP) is 2.22. The molecule has 0 fully saturated rings. The van der Waals surface area contributed by atoms with Crippen molar-refractivity contribution in [2.75, 3.05) is 0 Å². The molecule has 2 N–H and O–H groups in total. The van der Waals surface area contributed by atoms with Gasteiger partial charge in [-0.1, -0.05) is 19.1 Å². The first kappa shape index (κ1) is 14.6. The van der Waals surface area contributed by atoms with Gasteiger partial charge in [-0.15, -0.1) is 0 Å². The molecule has 3 atom stereocenters. The molecule has 0 aliphatic carbocycles. The van der Waals surface area contributed by atoms with Gasteiger partial charge in [0, 0.05) is 12.1 Å². The van der Waals surface area contributed by atoms with Gasteiger partial charge in [-0.3, -0.25) is 10.1 Å². The fourth-order valence-corrected chi connectivity index (χ4v) is 1.90. The molecule has 100 valence electrons. The van der Waals surface area contributed by atoms with Crippen molar-refractivity contribution in [3.63, 3.8) is 0 Å². The molecule has 3 unspecified atom stereocenters. The average Bonchev–Trinajstić information content (AvgIpc) is 2.35. The summed E-state index contributed by atoms with van der Waals surface area (Å²) in [5.74, 6) is 0.0930. The number of hydrogen-bond acceptors (Lipinski definition) is 4. The van der Waals surface area contributed by atoms with Crippen LogP contribution in [0.1, 0.15) is 38.2 Å². The molecule has 1 aromatic carbocycles. The number of benzene rings is 1. The zero-order chi connectivity index (χ0) is 13.7. The van der Waals surface area contributed by atoms with Crippen LogP contribution in [0, 0.1) is 10.1 Å². The smallest absolute Gasteiger partial charge is 0.269 e. The number of non-ortho nitro benzene ring substituents is 1. The molecule has 0 radical (unpaired) electrons. The number of aliphatic hydroxyl groups excluding tert-OH is 2. The first-order valence-corrected chi connectivity index (χ1v) is 6.06. The first-order valence-electron chi connectivity index (χ1n) is 6.06. The van der Waals surface area contributed by atoms with Crippen LogP contribution in [0.3, 0.4) is 0 Å². The minimum Gasteiger partial charge on any atom is -0.391 e. The molecule has 0 aromatic heterocycles. The molecule has 1 aromatic rings. The fourth-order valence-electron chi connectivity index (χ4n) is 1.90. The van der Waals surface area contributed by atoms with Gasteiger partial charge in [-0.25, -0.2) is 0 Å². The third-order valence-corrected chi connectivity index (χ3v) is 3.15. The molecular formula is C13H19NO4. The highest BCUT2D eigenvalue weighted by atomic mass is 16.6. The van der Waals surface area contributed by atoms with Crippen molar-refractivity contribution in [2.24, 2.45) is 0 Å².